The van der Waals surface area contributed by atoms with Crippen molar-refractivity contribution in [2.75, 3.05) is 0 Å². The molecule has 2 aliphatic rings. The Morgan fingerprint density at radius 3 is 3.10 bits per heavy atom. The zero-order valence-corrected chi connectivity index (χ0v) is 6.40. The lowest BCUT2D eigenvalue weighted by atomic mass is 9.86. The minimum absolute atomic E-state index is 0.800. The van der Waals surface area contributed by atoms with Crippen molar-refractivity contribution in [2.45, 2.75) is 32.1 Å². The first kappa shape index (κ1) is 6.21. The second kappa shape index (κ2) is 2.26. The summed E-state index contributed by atoms with van der Waals surface area (Å²) in [7, 11) is 0. The fourth-order valence-electron chi connectivity index (χ4n) is 2.20. The summed E-state index contributed by atoms with van der Waals surface area (Å²) in [4.78, 5) is 0. The maximum atomic E-state index is 4.12. The van der Waals surface area contributed by atoms with E-state index in [2.05, 4.69) is 12.7 Å². The topological polar surface area (TPSA) is 0 Å². The molecule has 0 aliphatic heterocycles. The van der Waals surface area contributed by atoms with Crippen molar-refractivity contribution in [1.29, 1.82) is 0 Å². The van der Waals surface area contributed by atoms with Gasteiger partial charge in [-0.3, -0.25) is 0 Å². The number of rotatable bonds is 0. The molecule has 0 heteroatoms. The van der Waals surface area contributed by atoms with E-state index in [0.29, 0.717) is 0 Å². The van der Waals surface area contributed by atoms with Gasteiger partial charge in [0.1, 0.15) is 0 Å². The predicted molar refractivity (Wildman–Crippen MR) is 43.8 cm³/mol. The number of hydrogen-bond acceptors (Lipinski definition) is 0. The van der Waals surface area contributed by atoms with Crippen LogP contribution in [0.5, 0.6) is 0 Å². The van der Waals surface area contributed by atoms with E-state index in [9.17, 15) is 0 Å². The molecule has 54 valence electrons. The van der Waals surface area contributed by atoms with E-state index < -0.39 is 0 Å². The average molecular weight is 134 g/mol. The van der Waals surface area contributed by atoms with Crippen LogP contribution in [0, 0.1) is 5.92 Å². The first-order valence-corrected chi connectivity index (χ1v) is 4.24. The zero-order chi connectivity index (χ0) is 6.97. The lowest BCUT2D eigenvalue weighted by Crippen LogP contribution is -2.04. The molecular weight excluding hydrogens is 120 g/mol. The van der Waals surface area contributed by atoms with Gasteiger partial charge in [-0.2, -0.15) is 0 Å². The maximum absolute atomic E-state index is 4.12. The zero-order valence-electron chi connectivity index (χ0n) is 6.40. The van der Waals surface area contributed by atoms with Crippen LogP contribution in [0.15, 0.2) is 23.8 Å². The summed E-state index contributed by atoms with van der Waals surface area (Å²) < 4.78 is 0. The smallest absolute Gasteiger partial charge is 0.000445 e. The molecule has 0 saturated heterocycles. The van der Waals surface area contributed by atoms with E-state index in [-0.39, 0.29) is 0 Å². The third-order valence-corrected chi connectivity index (χ3v) is 2.77. The van der Waals surface area contributed by atoms with Crippen molar-refractivity contribution in [1.82, 2.24) is 0 Å². The SMILES string of the molecule is C=C1CCC=C2CCCC12. The molecule has 1 saturated carbocycles. The van der Waals surface area contributed by atoms with Crippen LogP contribution in [-0.4, -0.2) is 0 Å². The Morgan fingerprint density at radius 1 is 1.40 bits per heavy atom. The Kier molecular flexibility index (Phi) is 1.40. The van der Waals surface area contributed by atoms with Crippen molar-refractivity contribution < 1.29 is 0 Å². The lowest BCUT2D eigenvalue weighted by molar-refractivity contribution is 0.665. The third kappa shape index (κ3) is 0.828. The van der Waals surface area contributed by atoms with E-state index in [1.165, 1.54) is 37.7 Å². The highest BCUT2D eigenvalue weighted by Gasteiger charge is 2.24. The molecule has 2 rings (SSSR count). The Balaban J connectivity index is 2.26. The summed E-state index contributed by atoms with van der Waals surface area (Å²) in [5.74, 6) is 0.800. The van der Waals surface area contributed by atoms with E-state index in [1.54, 1.807) is 5.57 Å². The molecule has 2 aliphatic carbocycles. The summed E-state index contributed by atoms with van der Waals surface area (Å²) in [5, 5.41) is 0. The van der Waals surface area contributed by atoms with Gasteiger partial charge in [-0.25, -0.2) is 0 Å². The van der Waals surface area contributed by atoms with Crippen molar-refractivity contribution in [2.24, 2.45) is 5.92 Å². The Hall–Kier alpha value is -0.520. The molecule has 1 atom stereocenters. The molecule has 0 heterocycles. The van der Waals surface area contributed by atoms with Gasteiger partial charge in [0, 0.05) is 5.92 Å². The van der Waals surface area contributed by atoms with Gasteiger partial charge in [-0.05, 0) is 32.1 Å². The van der Waals surface area contributed by atoms with Gasteiger partial charge < -0.3 is 0 Å². The molecular formula is C10H14. The van der Waals surface area contributed by atoms with Crippen molar-refractivity contribution in [3.05, 3.63) is 23.8 Å². The fraction of sp³-hybridized carbons (Fsp3) is 0.600. The molecule has 10 heavy (non-hydrogen) atoms. The molecule has 0 spiro atoms. The molecule has 0 aromatic carbocycles. The molecule has 1 unspecified atom stereocenters. The van der Waals surface area contributed by atoms with Crippen LogP contribution < -0.4 is 0 Å². The minimum atomic E-state index is 0.800. The van der Waals surface area contributed by atoms with Crippen LogP contribution in [0.25, 0.3) is 0 Å². The van der Waals surface area contributed by atoms with Crippen molar-refractivity contribution in [3.8, 4) is 0 Å². The highest BCUT2D eigenvalue weighted by atomic mass is 14.3. The van der Waals surface area contributed by atoms with E-state index >= 15 is 0 Å². The second-order valence-electron chi connectivity index (χ2n) is 3.42. The normalized spacial score (nSPS) is 31.8. The van der Waals surface area contributed by atoms with Gasteiger partial charge in [0.05, 0.1) is 0 Å². The number of fused-ring (bicyclic) bond motifs is 1. The van der Waals surface area contributed by atoms with Crippen molar-refractivity contribution in [3.63, 3.8) is 0 Å². The van der Waals surface area contributed by atoms with Gasteiger partial charge in [0.15, 0.2) is 0 Å². The van der Waals surface area contributed by atoms with Gasteiger partial charge in [-0.1, -0.05) is 23.8 Å². The van der Waals surface area contributed by atoms with Gasteiger partial charge in [0.2, 0.25) is 0 Å². The summed E-state index contributed by atoms with van der Waals surface area (Å²) in [6, 6.07) is 0. The molecule has 0 radical (unpaired) electrons. The van der Waals surface area contributed by atoms with Crippen LogP contribution in [-0.2, 0) is 0 Å². The van der Waals surface area contributed by atoms with E-state index in [0.717, 1.165) is 5.92 Å². The Morgan fingerprint density at radius 2 is 2.30 bits per heavy atom. The summed E-state index contributed by atoms with van der Waals surface area (Å²) in [6.07, 6.45) is 9.06. The number of hydrogen-bond donors (Lipinski definition) is 0. The average Bonchev–Trinajstić information content (AvgIpc) is 2.36. The summed E-state index contributed by atoms with van der Waals surface area (Å²) in [5.41, 5.74) is 3.19. The Labute approximate surface area is 62.6 Å². The fourth-order valence-corrected chi connectivity index (χ4v) is 2.20. The van der Waals surface area contributed by atoms with Crippen LogP contribution in [0.3, 0.4) is 0 Å². The minimum Gasteiger partial charge on any atom is -0.0992 e. The van der Waals surface area contributed by atoms with Crippen LogP contribution in [0.2, 0.25) is 0 Å². The molecule has 0 nitrogen and oxygen atoms in total. The Bertz CT molecular complexity index is 186. The first-order chi connectivity index (χ1) is 4.88. The molecule has 0 N–H and O–H groups in total. The predicted octanol–water partition coefficient (Wildman–Crippen LogP) is 3.06. The third-order valence-electron chi connectivity index (χ3n) is 2.77. The van der Waals surface area contributed by atoms with Gasteiger partial charge in [-0.15, -0.1) is 0 Å². The van der Waals surface area contributed by atoms with Crippen LogP contribution >= 0.6 is 0 Å². The molecule has 0 aromatic heterocycles. The first-order valence-electron chi connectivity index (χ1n) is 4.24. The molecule has 1 fully saturated rings. The van der Waals surface area contributed by atoms with Crippen LogP contribution in [0.4, 0.5) is 0 Å². The largest absolute Gasteiger partial charge is 0.0992 e. The number of allylic oxidation sites excluding steroid dienone is 3. The summed E-state index contributed by atoms with van der Waals surface area (Å²) >= 11 is 0. The van der Waals surface area contributed by atoms with Crippen LogP contribution in [0.1, 0.15) is 32.1 Å². The highest BCUT2D eigenvalue weighted by molar-refractivity contribution is 5.26. The highest BCUT2D eigenvalue weighted by Crippen LogP contribution is 2.40. The van der Waals surface area contributed by atoms with E-state index in [1.807, 2.05) is 0 Å². The maximum Gasteiger partial charge on any atom is 0.000445 e. The van der Waals surface area contributed by atoms with Crippen molar-refractivity contribution >= 4 is 0 Å². The second-order valence-corrected chi connectivity index (χ2v) is 3.42. The quantitative estimate of drug-likeness (QED) is 0.447. The lowest BCUT2D eigenvalue weighted by Gasteiger charge is -2.19. The van der Waals surface area contributed by atoms with E-state index in [4.69, 9.17) is 0 Å². The molecule has 0 bridgehead atoms. The van der Waals surface area contributed by atoms with Gasteiger partial charge >= 0.3 is 0 Å². The molecule has 0 aromatic rings. The van der Waals surface area contributed by atoms with Gasteiger partial charge in [0.25, 0.3) is 0 Å². The molecule has 0 amide bonds. The monoisotopic (exact) mass is 134 g/mol. The summed E-state index contributed by atoms with van der Waals surface area (Å²) in [6.45, 7) is 4.12. The standard InChI is InChI=1S/C10H14/c1-8-4-2-5-9-6-3-7-10(8)9/h5,10H,1-4,6-7H2.